The maximum absolute atomic E-state index is 4.12. The zero-order valence-electron chi connectivity index (χ0n) is 8.29. The van der Waals surface area contributed by atoms with Crippen molar-refractivity contribution in [1.82, 2.24) is 10.2 Å². The summed E-state index contributed by atoms with van der Waals surface area (Å²) in [5, 5.41) is 8.14. The van der Waals surface area contributed by atoms with Gasteiger partial charge >= 0.3 is 0 Å². The number of rotatable bonds is 3. The molecule has 3 heteroatoms. The van der Waals surface area contributed by atoms with Crippen molar-refractivity contribution in [2.45, 2.75) is 32.0 Å². The highest BCUT2D eigenvalue weighted by atomic mass is 79.9. The molecule has 0 aliphatic rings. The van der Waals surface area contributed by atoms with Crippen LogP contribution >= 0.6 is 15.9 Å². The van der Waals surface area contributed by atoms with Gasteiger partial charge in [-0.05, 0) is 25.0 Å². The summed E-state index contributed by atoms with van der Waals surface area (Å²) in [4.78, 5) is 0.490. The third kappa shape index (κ3) is 3.43. The number of aryl methyl sites for hydroxylation is 1. The van der Waals surface area contributed by atoms with E-state index in [1.54, 1.807) is 0 Å². The molecule has 1 aromatic rings. The van der Waals surface area contributed by atoms with E-state index in [0.717, 1.165) is 17.8 Å². The second kappa shape index (κ2) is 4.70. The average molecular weight is 243 g/mol. The van der Waals surface area contributed by atoms with Crippen LogP contribution in [0.1, 0.15) is 25.2 Å². The maximum Gasteiger partial charge on any atom is 0.0642 e. The van der Waals surface area contributed by atoms with E-state index in [9.17, 15) is 0 Å². The molecule has 0 aromatic carbocycles. The molecule has 0 N–H and O–H groups in total. The molecule has 13 heavy (non-hydrogen) atoms. The van der Waals surface area contributed by atoms with Crippen LogP contribution in [-0.2, 0) is 6.42 Å². The third-order valence-electron chi connectivity index (χ3n) is 1.98. The first kappa shape index (κ1) is 10.6. The first-order valence-electron chi connectivity index (χ1n) is 4.53. The number of hydrogen-bond acceptors (Lipinski definition) is 2. The van der Waals surface area contributed by atoms with Gasteiger partial charge < -0.3 is 0 Å². The topological polar surface area (TPSA) is 25.8 Å². The number of alkyl halides is 1. The van der Waals surface area contributed by atoms with Gasteiger partial charge in [-0.3, -0.25) is 0 Å². The molecule has 0 spiro atoms. The van der Waals surface area contributed by atoms with Crippen LogP contribution in [0.3, 0.4) is 0 Å². The number of nitrogens with zero attached hydrogens (tertiary/aromatic N) is 2. The van der Waals surface area contributed by atoms with Crippen molar-refractivity contribution in [3.8, 4) is 0 Å². The van der Waals surface area contributed by atoms with Gasteiger partial charge in [-0.15, -0.1) is 0 Å². The van der Waals surface area contributed by atoms with Crippen LogP contribution in [0, 0.1) is 12.8 Å². The average Bonchev–Trinajstić information content (AvgIpc) is 2.08. The van der Waals surface area contributed by atoms with E-state index >= 15 is 0 Å². The van der Waals surface area contributed by atoms with E-state index in [4.69, 9.17) is 0 Å². The van der Waals surface area contributed by atoms with Gasteiger partial charge in [0, 0.05) is 11.2 Å². The van der Waals surface area contributed by atoms with E-state index in [2.05, 4.69) is 40.0 Å². The van der Waals surface area contributed by atoms with Gasteiger partial charge in [0.15, 0.2) is 0 Å². The SMILES string of the molecule is Cc1ccc(CC(Br)C(C)C)nn1. The minimum absolute atomic E-state index is 0.490. The van der Waals surface area contributed by atoms with E-state index in [0.29, 0.717) is 10.7 Å². The predicted molar refractivity (Wildman–Crippen MR) is 58.0 cm³/mol. The molecule has 0 aliphatic carbocycles. The molecule has 1 aromatic heterocycles. The summed E-state index contributed by atoms with van der Waals surface area (Å²) in [5.41, 5.74) is 2.03. The van der Waals surface area contributed by atoms with E-state index < -0.39 is 0 Å². The summed E-state index contributed by atoms with van der Waals surface area (Å²) in [6, 6.07) is 4.04. The maximum atomic E-state index is 4.12. The standard InChI is InChI=1S/C10H15BrN2/c1-7(2)10(11)6-9-5-4-8(3)12-13-9/h4-5,7,10H,6H2,1-3H3. The van der Waals surface area contributed by atoms with Crippen LogP contribution in [0.5, 0.6) is 0 Å². The Bertz CT molecular complexity index is 256. The number of aromatic nitrogens is 2. The summed E-state index contributed by atoms with van der Waals surface area (Å²) in [6.07, 6.45) is 0.949. The van der Waals surface area contributed by atoms with Crippen molar-refractivity contribution in [1.29, 1.82) is 0 Å². The highest BCUT2D eigenvalue weighted by Gasteiger charge is 2.10. The lowest BCUT2D eigenvalue weighted by molar-refractivity contribution is 0.604. The molecule has 0 saturated carbocycles. The van der Waals surface area contributed by atoms with Crippen LogP contribution in [0.4, 0.5) is 0 Å². The lowest BCUT2D eigenvalue weighted by Gasteiger charge is -2.12. The third-order valence-corrected chi connectivity index (χ3v) is 3.36. The Kier molecular flexibility index (Phi) is 3.85. The van der Waals surface area contributed by atoms with Crippen molar-refractivity contribution >= 4 is 15.9 Å². The molecule has 0 radical (unpaired) electrons. The Labute approximate surface area is 87.9 Å². The molecule has 2 nitrogen and oxygen atoms in total. The largest absolute Gasteiger partial charge is 0.156 e. The molecule has 0 saturated heterocycles. The summed E-state index contributed by atoms with van der Waals surface area (Å²) < 4.78 is 0. The summed E-state index contributed by atoms with van der Waals surface area (Å²) in [6.45, 7) is 6.34. The molecular weight excluding hydrogens is 228 g/mol. The lowest BCUT2D eigenvalue weighted by atomic mass is 10.1. The quantitative estimate of drug-likeness (QED) is 0.763. The van der Waals surface area contributed by atoms with Crippen molar-refractivity contribution in [2.24, 2.45) is 5.92 Å². The molecule has 1 unspecified atom stereocenters. The fraction of sp³-hybridized carbons (Fsp3) is 0.600. The molecule has 0 fully saturated rings. The van der Waals surface area contributed by atoms with Gasteiger partial charge in [-0.1, -0.05) is 29.8 Å². The van der Waals surface area contributed by atoms with Crippen molar-refractivity contribution in [2.75, 3.05) is 0 Å². The molecule has 72 valence electrons. The molecule has 0 amide bonds. The molecule has 1 heterocycles. The first-order valence-corrected chi connectivity index (χ1v) is 5.44. The highest BCUT2D eigenvalue weighted by molar-refractivity contribution is 9.09. The van der Waals surface area contributed by atoms with Crippen molar-refractivity contribution in [3.05, 3.63) is 23.5 Å². The number of hydrogen-bond donors (Lipinski definition) is 0. The Morgan fingerprint density at radius 3 is 2.46 bits per heavy atom. The summed E-state index contributed by atoms with van der Waals surface area (Å²) >= 11 is 3.63. The fourth-order valence-corrected chi connectivity index (χ4v) is 1.30. The molecule has 1 rings (SSSR count). The summed E-state index contributed by atoms with van der Waals surface area (Å²) in [5.74, 6) is 0.628. The van der Waals surface area contributed by atoms with Crippen LogP contribution in [-0.4, -0.2) is 15.0 Å². The molecule has 0 aliphatic heterocycles. The zero-order chi connectivity index (χ0) is 9.84. The second-order valence-electron chi connectivity index (χ2n) is 3.63. The van der Waals surface area contributed by atoms with Crippen LogP contribution in [0.15, 0.2) is 12.1 Å². The van der Waals surface area contributed by atoms with E-state index in [1.165, 1.54) is 0 Å². The van der Waals surface area contributed by atoms with Gasteiger partial charge in [0.05, 0.1) is 11.4 Å². The first-order chi connectivity index (χ1) is 6.09. The second-order valence-corrected chi connectivity index (χ2v) is 4.81. The molecule has 0 bridgehead atoms. The minimum Gasteiger partial charge on any atom is -0.156 e. The van der Waals surface area contributed by atoms with E-state index in [-0.39, 0.29) is 0 Å². The number of halogens is 1. The lowest BCUT2D eigenvalue weighted by Crippen LogP contribution is -2.11. The van der Waals surface area contributed by atoms with Crippen molar-refractivity contribution in [3.63, 3.8) is 0 Å². The van der Waals surface area contributed by atoms with Gasteiger partial charge in [0.25, 0.3) is 0 Å². The van der Waals surface area contributed by atoms with Gasteiger partial charge in [-0.2, -0.15) is 10.2 Å². The molecule has 1 atom stereocenters. The predicted octanol–water partition coefficient (Wildman–Crippen LogP) is 2.75. The highest BCUT2D eigenvalue weighted by Crippen LogP contribution is 2.16. The smallest absolute Gasteiger partial charge is 0.0642 e. The Morgan fingerprint density at radius 1 is 1.31 bits per heavy atom. The van der Waals surface area contributed by atoms with Gasteiger partial charge in [-0.25, -0.2) is 0 Å². The van der Waals surface area contributed by atoms with Gasteiger partial charge in [0.2, 0.25) is 0 Å². The van der Waals surface area contributed by atoms with Crippen LogP contribution in [0.25, 0.3) is 0 Å². The minimum atomic E-state index is 0.490. The molecular formula is C10H15BrN2. The van der Waals surface area contributed by atoms with Gasteiger partial charge in [0.1, 0.15) is 0 Å². The van der Waals surface area contributed by atoms with Crippen LogP contribution in [0.2, 0.25) is 0 Å². The Balaban J connectivity index is 2.59. The summed E-state index contributed by atoms with van der Waals surface area (Å²) in [7, 11) is 0. The Morgan fingerprint density at radius 2 is 2.00 bits per heavy atom. The fourth-order valence-electron chi connectivity index (χ4n) is 0.971. The Hall–Kier alpha value is -0.440. The normalized spacial score (nSPS) is 13.3. The van der Waals surface area contributed by atoms with E-state index in [1.807, 2.05) is 19.1 Å². The van der Waals surface area contributed by atoms with Crippen molar-refractivity contribution < 1.29 is 0 Å². The zero-order valence-corrected chi connectivity index (χ0v) is 9.87. The monoisotopic (exact) mass is 242 g/mol. The van der Waals surface area contributed by atoms with Crippen LogP contribution < -0.4 is 0 Å².